The average Bonchev–Trinajstić information content (AvgIpc) is 2.92. The molecule has 1 heterocycles. The second-order valence-corrected chi connectivity index (χ2v) is 4.87. The summed E-state index contributed by atoms with van der Waals surface area (Å²) in [5, 5.41) is 6.65. The number of aromatic nitrogens is 1. The van der Waals surface area contributed by atoms with E-state index in [0.29, 0.717) is 12.6 Å². The molecule has 0 spiro atoms. The summed E-state index contributed by atoms with van der Waals surface area (Å²) in [7, 11) is 0. The molecule has 82 valence electrons. The van der Waals surface area contributed by atoms with Crippen LogP contribution in [-0.4, -0.2) is 17.1 Å². The minimum atomic E-state index is -0.0780. The first-order chi connectivity index (χ1) is 7.28. The van der Waals surface area contributed by atoms with Crippen molar-refractivity contribution in [1.29, 1.82) is 0 Å². The lowest BCUT2D eigenvalue weighted by Crippen LogP contribution is -2.36. The van der Waals surface area contributed by atoms with Crippen LogP contribution in [0.15, 0.2) is 6.20 Å². The van der Waals surface area contributed by atoms with Gasteiger partial charge in [-0.25, -0.2) is 9.78 Å². The van der Waals surface area contributed by atoms with Crippen molar-refractivity contribution in [3.63, 3.8) is 0 Å². The Morgan fingerprint density at radius 1 is 1.67 bits per heavy atom. The third-order valence-electron chi connectivity index (χ3n) is 2.26. The van der Waals surface area contributed by atoms with E-state index in [-0.39, 0.29) is 6.03 Å². The number of thiazole rings is 1. The highest BCUT2D eigenvalue weighted by Gasteiger charge is 2.22. The van der Waals surface area contributed by atoms with Crippen molar-refractivity contribution in [3.8, 4) is 0 Å². The molecule has 1 aliphatic rings. The van der Waals surface area contributed by atoms with Crippen LogP contribution in [0.1, 0.15) is 29.7 Å². The predicted octanol–water partition coefficient (Wildman–Crippen LogP) is 1.67. The molecule has 1 aliphatic carbocycles. The van der Waals surface area contributed by atoms with Crippen molar-refractivity contribution in [2.24, 2.45) is 0 Å². The van der Waals surface area contributed by atoms with Crippen LogP contribution in [-0.2, 0) is 13.0 Å². The molecule has 0 unspecified atom stereocenters. The van der Waals surface area contributed by atoms with Gasteiger partial charge in [-0.15, -0.1) is 11.3 Å². The number of hydrogen-bond donors (Lipinski definition) is 2. The van der Waals surface area contributed by atoms with Crippen LogP contribution in [0.5, 0.6) is 0 Å². The number of nitrogens with zero attached hydrogens (tertiary/aromatic N) is 1. The highest BCUT2D eigenvalue weighted by atomic mass is 32.1. The van der Waals surface area contributed by atoms with E-state index in [1.165, 1.54) is 4.88 Å². The zero-order valence-corrected chi connectivity index (χ0v) is 9.56. The molecule has 1 aromatic rings. The summed E-state index contributed by atoms with van der Waals surface area (Å²) in [6.07, 6.45) is 5.11. The molecule has 0 atom stereocenters. The molecule has 0 aromatic carbocycles. The second kappa shape index (κ2) is 4.61. The van der Waals surface area contributed by atoms with Crippen LogP contribution >= 0.6 is 11.3 Å². The summed E-state index contributed by atoms with van der Waals surface area (Å²) in [5.41, 5.74) is 0. The van der Waals surface area contributed by atoms with Crippen LogP contribution in [0.2, 0.25) is 0 Å². The number of carbonyl (C=O) groups is 1. The molecule has 1 fully saturated rings. The minimum Gasteiger partial charge on any atom is -0.335 e. The first-order valence-electron chi connectivity index (χ1n) is 5.26. The molecular weight excluding hydrogens is 210 g/mol. The molecule has 1 aromatic heterocycles. The highest BCUT2D eigenvalue weighted by molar-refractivity contribution is 7.11. The molecule has 2 rings (SSSR count). The fourth-order valence-corrected chi connectivity index (χ4v) is 2.02. The van der Waals surface area contributed by atoms with Gasteiger partial charge in [0.2, 0.25) is 0 Å². The van der Waals surface area contributed by atoms with Gasteiger partial charge in [-0.3, -0.25) is 0 Å². The van der Waals surface area contributed by atoms with E-state index in [0.717, 1.165) is 24.3 Å². The van der Waals surface area contributed by atoms with Gasteiger partial charge in [-0.1, -0.05) is 6.92 Å². The van der Waals surface area contributed by atoms with Crippen molar-refractivity contribution in [2.75, 3.05) is 0 Å². The molecular formula is C10H15N3OS. The lowest BCUT2D eigenvalue weighted by Gasteiger charge is -2.03. The van der Waals surface area contributed by atoms with Gasteiger partial charge in [-0.2, -0.15) is 0 Å². The van der Waals surface area contributed by atoms with Crippen molar-refractivity contribution in [3.05, 3.63) is 16.1 Å². The fourth-order valence-electron chi connectivity index (χ4n) is 1.21. The lowest BCUT2D eigenvalue weighted by atomic mass is 10.4. The van der Waals surface area contributed by atoms with Crippen LogP contribution in [0.4, 0.5) is 4.79 Å². The molecule has 0 radical (unpaired) electrons. The second-order valence-electron chi connectivity index (χ2n) is 3.68. The normalized spacial score (nSPS) is 15.0. The van der Waals surface area contributed by atoms with E-state index in [1.807, 2.05) is 6.20 Å². The van der Waals surface area contributed by atoms with Gasteiger partial charge in [0.05, 0.1) is 6.54 Å². The third kappa shape index (κ3) is 3.20. The summed E-state index contributed by atoms with van der Waals surface area (Å²) in [6.45, 7) is 2.63. The zero-order chi connectivity index (χ0) is 10.7. The Bertz CT molecular complexity index is 346. The first kappa shape index (κ1) is 10.4. The van der Waals surface area contributed by atoms with Crippen LogP contribution in [0.25, 0.3) is 0 Å². The van der Waals surface area contributed by atoms with E-state index in [1.54, 1.807) is 11.3 Å². The van der Waals surface area contributed by atoms with Gasteiger partial charge >= 0.3 is 6.03 Å². The van der Waals surface area contributed by atoms with Gasteiger partial charge in [0, 0.05) is 17.1 Å². The number of rotatable bonds is 4. The molecule has 2 amide bonds. The van der Waals surface area contributed by atoms with E-state index in [9.17, 15) is 4.79 Å². The van der Waals surface area contributed by atoms with Crippen LogP contribution < -0.4 is 10.6 Å². The van der Waals surface area contributed by atoms with E-state index in [2.05, 4.69) is 22.5 Å². The Labute approximate surface area is 93.1 Å². The number of nitrogens with one attached hydrogen (secondary N) is 2. The summed E-state index contributed by atoms with van der Waals surface area (Å²) >= 11 is 1.66. The van der Waals surface area contributed by atoms with E-state index < -0.39 is 0 Å². The monoisotopic (exact) mass is 225 g/mol. The molecule has 0 bridgehead atoms. The Balaban J connectivity index is 1.73. The van der Waals surface area contributed by atoms with Crippen LogP contribution in [0, 0.1) is 0 Å². The smallest absolute Gasteiger partial charge is 0.315 e. The molecule has 1 saturated carbocycles. The maximum Gasteiger partial charge on any atom is 0.315 e. The van der Waals surface area contributed by atoms with Gasteiger partial charge in [0.1, 0.15) is 5.01 Å². The third-order valence-corrected chi connectivity index (χ3v) is 3.40. The molecule has 5 heteroatoms. The maximum absolute atomic E-state index is 11.3. The van der Waals surface area contributed by atoms with Gasteiger partial charge in [-0.05, 0) is 19.3 Å². The summed E-state index contributed by atoms with van der Waals surface area (Å²) in [5.74, 6) is 0. The fraction of sp³-hybridized carbons (Fsp3) is 0.600. The Morgan fingerprint density at radius 3 is 3.07 bits per heavy atom. The van der Waals surface area contributed by atoms with Gasteiger partial charge in [0.25, 0.3) is 0 Å². The van der Waals surface area contributed by atoms with Crippen LogP contribution in [0.3, 0.4) is 0 Å². The maximum atomic E-state index is 11.3. The Kier molecular flexibility index (Phi) is 3.20. The van der Waals surface area contributed by atoms with E-state index >= 15 is 0 Å². The van der Waals surface area contributed by atoms with Crippen molar-refractivity contribution in [1.82, 2.24) is 15.6 Å². The Morgan fingerprint density at radius 2 is 2.47 bits per heavy atom. The zero-order valence-electron chi connectivity index (χ0n) is 8.75. The first-order valence-corrected chi connectivity index (χ1v) is 6.07. The molecule has 0 saturated heterocycles. The quantitative estimate of drug-likeness (QED) is 0.819. The number of carbonyl (C=O) groups excluding carboxylic acids is 1. The van der Waals surface area contributed by atoms with Gasteiger partial charge < -0.3 is 10.6 Å². The van der Waals surface area contributed by atoms with Crippen molar-refractivity contribution >= 4 is 17.4 Å². The number of amides is 2. The summed E-state index contributed by atoms with van der Waals surface area (Å²) in [6, 6.07) is 0.332. The Hall–Kier alpha value is -1.10. The van der Waals surface area contributed by atoms with Crippen molar-refractivity contribution in [2.45, 2.75) is 38.8 Å². The molecule has 2 N–H and O–H groups in total. The average molecular weight is 225 g/mol. The number of aryl methyl sites for hydroxylation is 1. The van der Waals surface area contributed by atoms with Gasteiger partial charge in [0.15, 0.2) is 0 Å². The van der Waals surface area contributed by atoms with E-state index in [4.69, 9.17) is 0 Å². The summed E-state index contributed by atoms with van der Waals surface area (Å²) in [4.78, 5) is 16.8. The minimum absolute atomic E-state index is 0.0780. The topological polar surface area (TPSA) is 54.0 Å². The number of urea groups is 1. The standard InChI is InChI=1S/C10H15N3OS/c1-2-8-5-11-9(15-8)6-12-10(14)13-7-3-4-7/h5,7H,2-4,6H2,1H3,(H2,12,13,14). The molecule has 0 aliphatic heterocycles. The number of hydrogen-bond acceptors (Lipinski definition) is 3. The molecule has 15 heavy (non-hydrogen) atoms. The predicted molar refractivity (Wildman–Crippen MR) is 59.9 cm³/mol. The summed E-state index contributed by atoms with van der Waals surface area (Å²) < 4.78 is 0. The highest BCUT2D eigenvalue weighted by Crippen LogP contribution is 2.18. The molecule has 4 nitrogen and oxygen atoms in total. The van der Waals surface area contributed by atoms with Crippen molar-refractivity contribution < 1.29 is 4.79 Å². The SMILES string of the molecule is CCc1cnc(CNC(=O)NC2CC2)s1. The lowest BCUT2D eigenvalue weighted by molar-refractivity contribution is 0.240. The largest absolute Gasteiger partial charge is 0.335 e.